The number of nitro groups is 1. The van der Waals surface area contributed by atoms with Crippen molar-refractivity contribution in [1.29, 1.82) is 0 Å². The Hall–Kier alpha value is -3.26. The van der Waals surface area contributed by atoms with Crippen LogP contribution in [0.25, 0.3) is 11.3 Å². The maximum absolute atomic E-state index is 10.9. The number of aromatic nitrogens is 2. The molecule has 0 saturated carbocycles. The van der Waals surface area contributed by atoms with Gasteiger partial charge < -0.3 is 9.32 Å². The Labute approximate surface area is 162 Å². The second-order valence-corrected chi connectivity index (χ2v) is 6.84. The van der Waals surface area contributed by atoms with Crippen LogP contribution in [0.1, 0.15) is 11.5 Å². The number of pyridine rings is 1. The summed E-state index contributed by atoms with van der Waals surface area (Å²) in [7, 11) is 0. The fourth-order valence-electron chi connectivity index (χ4n) is 3.35. The van der Waals surface area contributed by atoms with E-state index in [2.05, 4.69) is 19.8 Å². The molecule has 0 amide bonds. The van der Waals surface area contributed by atoms with Gasteiger partial charge in [-0.05, 0) is 13.0 Å². The predicted octanol–water partition coefficient (Wildman–Crippen LogP) is 3.28. The van der Waals surface area contributed by atoms with Crippen molar-refractivity contribution in [2.75, 3.05) is 31.1 Å². The van der Waals surface area contributed by atoms with Crippen LogP contribution < -0.4 is 4.90 Å². The van der Waals surface area contributed by atoms with E-state index >= 15 is 0 Å². The van der Waals surface area contributed by atoms with Crippen LogP contribution in [-0.4, -0.2) is 46.0 Å². The average Bonchev–Trinajstić information content (AvgIpc) is 3.17. The lowest BCUT2D eigenvalue weighted by molar-refractivity contribution is -0.385. The van der Waals surface area contributed by atoms with E-state index in [0.717, 1.165) is 43.3 Å². The molecule has 8 heteroatoms. The summed E-state index contributed by atoms with van der Waals surface area (Å²) in [5, 5.41) is 10.9. The summed E-state index contributed by atoms with van der Waals surface area (Å²) in [6.45, 7) is 5.70. The summed E-state index contributed by atoms with van der Waals surface area (Å²) in [4.78, 5) is 23.8. The van der Waals surface area contributed by atoms with Crippen LogP contribution in [-0.2, 0) is 6.54 Å². The van der Waals surface area contributed by atoms with Crippen LogP contribution in [0, 0.1) is 17.0 Å². The number of anilines is 1. The van der Waals surface area contributed by atoms with Gasteiger partial charge in [0, 0.05) is 37.3 Å². The van der Waals surface area contributed by atoms with Crippen LogP contribution >= 0.6 is 0 Å². The van der Waals surface area contributed by atoms with E-state index in [1.165, 1.54) is 6.20 Å². The molecule has 1 aliphatic heterocycles. The Bertz CT molecular complexity index is 965. The highest BCUT2D eigenvalue weighted by Gasteiger charge is 2.21. The number of aryl methyl sites for hydroxylation is 1. The number of benzene rings is 1. The van der Waals surface area contributed by atoms with Crippen LogP contribution in [0.3, 0.4) is 0 Å². The van der Waals surface area contributed by atoms with Crippen LogP contribution in [0.15, 0.2) is 53.3 Å². The Morgan fingerprint density at radius 3 is 2.61 bits per heavy atom. The first-order valence-electron chi connectivity index (χ1n) is 9.18. The highest BCUT2D eigenvalue weighted by Crippen LogP contribution is 2.23. The molecule has 0 radical (unpaired) electrons. The Morgan fingerprint density at radius 2 is 1.93 bits per heavy atom. The third-order valence-corrected chi connectivity index (χ3v) is 4.94. The maximum atomic E-state index is 10.9. The van der Waals surface area contributed by atoms with Crippen molar-refractivity contribution in [3.63, 3.8) is 0 Å². The molecule has 0 N–H and O–H groups in total. The topological polar surface area (TPSA) is 88.5 Å². The van der Waals surface area contributed by atoms with Gasteiger partial charge in [-0.2, -0.15) is 0 Å². The molecular formula is C20H21N5O3. The minimum absolute atomic E-state index is 0.0560. The molecule has 2 aromatic heterocycles. The van der Waals surface area contributed by atoms with E-state index in [9.17, 15) is 10.1 Å². The van der Waals surface area contributed by atoms with Gasteiger partial charge in [-0.15, -0.1) is 0 Å². The molecule has 3 heterocycles. The zero-order valence-corrected chi connectivity index (χ0v) is 15.6. The van der Waals surface area contributed by atoms with Gasteiger partial charge in [-0.1, -0.05) is 30.3 Å². The number of nitrogens with zero attached hydrogens (tertiary/aromatic N) is 5. The van der Waals surface area contributed by atoms with Crippen LogP contribution in [0.4, 0.5) is 11.5 Å². The molecule has 0 aliphatic carbocycles. The fraction of sp³-hybridized carbons (Fsp3) is 0.300. The second-order valence-electron chi connectivity index (χ2n) is 6.84. The highest BCUT2D eigenvalue weighted by atomic mass is 16.6. The molecule has 28 heavy (non-hydrogen) atoms. The molecule has 1 aromatic carbocycles. The number of hydrogen-bond acceptors (Lipinski definition) is 7. The molecule has 1 saturated heterocycles. The van der Waals surface area contributed by atoms with Crippen LogP contribution in [0.2, 0.25) is 0 Å². The lowest BCUT2D eigenvalue weighted by Crippen LogP contribution is -2.46. The molecule has 144 valence electrons. The summed E-state index contributed by atoms with van der Waals surface area (Å²) in [5.41, 5.74) is 2.58. The standard InChI is InChI=1S/C20H21N5O3/c1-15-11-19(21-12-18(15)25(26)27)24-9-7-23(8-10-24)13-20-22-17(14-28-20)16-5-3-2-4-6-16/h2-6,11-12,14H,7-10,13H2,1H3. The first-order valence-corrected chi connectivity index (χ1v) is 9.18. The van der Waals surface area contributed by atoms with Gasteiger partial charge >= 0.3 is 0 Å². The Balaban J connectivity index is 1.35. The van der Waals surface area contributed by atoms with Crippen molar-refractivity contribution in [2.45, 2.75) is 13.5 Å². The number of oxazole rings is 1. The second kappa shape index (κ2) is 7.77. The van der Waals surface area contributed by atoms with Gasteiger partial charge in [0.15, 0.2) is 0 Å². The molecule has 3 aromatic rings. The number of rotatable bonds is 5. The molecule has 8 nitrogen and oxygen atoms in total. The summed E-state index contributed by atoms with van der Waals surface area (Å²) in [6, 6.07) is 11.8. The zero-order valence-electron chi connectivity index (χ0n) is 15.6. The SMILES string of the molecule is Cc1cc(N2CCN(Cc3nc(-c4ccccc4)co3)CC2)ncc1[N+](=O)[O-]. The van der Waals surface area contributed by atoms with Gasteiger partial charge in [0.2, 0.25) is 5.89 Å². The largest absolute Gasteiger partial charge is 0.447 e. The number of hydrogen-bond donors (Lipinski definition) is 0. The molecule has 1 fully saturated rings. The summed E-state index contributed by atoms with van der Waals surface area (Å²) in [5.74, 6) is 1.49. The lowest BCUT2D eigenvalue weighted by Gasteiger charge is -2.34. The minimum atomic E-state index is -0.399. The minimum Gasteiger partial charge on any atom is -0.447 e. The molecular weight excluding hydrogens is 358 g/mol. The summed E-state index contributed by atoms with van der Waals surface area (Å²) in [6.07, 6.45) is 3.04. The van der Waals surface area contributed by atoms with Crippen molar-refractivity contribution in [2.24, 2.45) is 0 Å². The van der Waals surface area contributed by atoms with Crippen molar-refractivity contribution in [1.82, 2.24) is 14.9 Å². The molecule has 0 atom stereocenters. The Morgan fingerprint density at radius 1 is 1.18 bits per heavy atom. The number of piperazine rings is 1. The van der Waals surface area contributed by atoms with Crippen molar-refractivity contribution in [3.05, 3.63) is 70.4 Å². The smallest absolute Gasteiger partial charge is 0.290 e. The Kier molecular flexibility index (Phi) is 5.03. The van der Waals surface area contributed by atoms with E-state index < -0.39 is 4.92 Å². The third-order valence-electron chi connectivity index (χ3n) is 4.94. The lowest BCUT2D eigenvalue weighted by atomic mass is 10.2. The molecule has 0 spiro atoms. The van der Waals surface area contributed by atoms with Gasteiger partial charge in [0.25, 0.3) is 5.69 Å². The van der Waals surface area contributed by atoms with E-state index in [4.69, 9.17) is 4.42 Å². The first kappa shape index (κ1) is 18.1. The van der Waals surface area contributed by atoms with Gasteiger partial charge in [-0.3, -0.25) is 15.0 Å². The van der Waals surface area contributed by atoms with E-state index in [0.29, 0.717) is 18.0 Å². The van der Waals surface area contributed by atoms with Crippen molar-refractivity contribution < 1.29 is 9.34 Å². The first-order chi connectivity index (χ1) is 13.6. The zero-order chi connectivity index (χ0) is 19.5. The summed E-state index contributed by atoms with van der Waals surface area (Å²) >= 11 is 0. The molecule has 1 aliphatic rings. The maximum Gasteiger partial charge on any atom is 0.290 e. The monoisotopic (exact) mass is 379 g/mol. The van der Waals surface area contributed by atoms with Crippen molar-refractivity contribution in [3.8, 4) is 11.3 Å². The van der Waals surface area contributed by atoms with E-state index in [-0.39, 0.29) is 5.69 Å². The van der Waals surface area contributed by atoms with Crippen molar-refractivity contribution >= 4 is 11.5 Å². The predicted molar refractivity (Wildman–Crippen MR) is 105 cm³/mol. The van der Waals surface area contributed by atoms with Gasteiger partial charge in [0.1, 0.15) is 24.0 Å². The van der Waals surface area contributed by atoms with Gasteiger partial charge in [-0.25, -0.2) is 9.97 Å². The molecule has 0 unspecified atom stereocenters. The molecule has 4 rings (SSSR count). The fourth-order valence-corrected chi connectivity index (χ4v) is 3.35. The average molecular weight is 379 g/mol. The quantitative estimate of drug-likeness (QED) is 0.496. The van der Waals surface area contributed by atoms with E-state index in [1.807, 2.05) is 30.3 Å². The van der Waals surface area contributed by atoms with Gasteiger partial charge in [0.05, 0.1) is 11.5 Å². The molecule has 0 bridgehead atoms. The highest BCUT2D eigenvalue weighted by molar-refractivity contribution is 5.57. The van der Waals surface area contributed by atoms with E-state index in [1.54, 1.807) is 19.3 Å². The van der Waals surface area contributed by atoms with Crippen LogP contribution in [0.5, 0.6) is 0 Å². The third kappa shape index (κ3) is 3.86. The normalized spacial score (nSPS) is 15.0. The summed E-state index contributed by atoms with van der Waals surface area (Å²) < 4.78 is 5.64.